The predicted molar refractivity (Wildman–Crippen MR) is 79.7 cm³/mol. The second-order valence-corrected chi connectivity index (χ2v) is 6.23. The van der Waals surface area contributed by atoms with Crippen molar-refractivity contribution in [1.82, 2.24) is 20.4 Å². The summed E-state index contributed by atoms with van der Waals surface area (Å²) in [5.41, 5.74) is -0.377. The molecule has 7 nitrogen and oxygen atoms in total. The largest absolute Gasteiger partial charge is 0.340 e. The SMILES string of the molecule is CCNC(=O)NC(=O)CN1CCN(C(=O)C(C)(C)C)CC1. The average Bonchev–Trinajstić information content (AvgIpc) is 2.37. The van der Waals surface area contributed by atoms with Crippen molar-refractivity contribution in [2.45, 2.75) is 27.7 Å². The van der Waals surface area contributed by atoms with Gasteiger partial charge in [0.2, 0.25) is 11.8 Å². The molecule has 1 saturated heterocycles. The second kappa shape index (κ2) is 7.40. The quantitative estimate of drug-likeness (QED) is 0.770. The molecule has 1 aliphatic rings. The molecule has 0 radical (unpaired) electrons. The Morgan fingerprint density at radius 1 is 1.05 bits per heavy atom. The third kappa shape index (κ3) is 5.71. The van der Waals surface area contributed by atoms with E-state index >= 15 is 0 Å². The van der Waals surface area contributed by atoms with E-state index in [2.05, 4.69) is 10.6 Å². The molecule has 1 rings (SSSR count). The molecule has 0 aromatic rings. The normalized spacial score (nSPS) is 16.5. The number of rotatable bonds is 3. The molecule has 2 N–H and O–H groups in total. The van der Waals surface area contributed by atoms with E-state index < -0.39 is 6.03 Å². The molecule has 0 aliphatic carbocycles. The van der Waals surface area contributed by atoms with Crippen LogP contribution in [0.5, 0.6) is 0 Å². The van der Waals surface area contributed by atoms with Crippen molar-refractivity contribution in [3.05, 3.63) is 0 Å². The van der Waals surface area contributed by atoms with Crippen LogP contribution < -0.4 is 10.6 Å². The number of nitrogens with one attached hydrogen (secondary N) is 2. The van der Waals surface area contributed by atoms with E-state index in [-0.39, 0.29) is 23.8 Å². The smallest absolute Gasteiger partial charge is 0.321 e. The standard InChI is InChI=1S/C14H26N4O3/c1-5-15-13(21)16-11(19)10-17-6-8-18(9-7-17)12(20)14(2,3)4/h5-10H2,1-4H3,(H2,15,16,19,21). The van der Waals surface area contributed by atoms with Crippen LogP contribution in [-0.4, -0.2) is 66.9 Å². The number of amides is 4. The van der Waals surface area contributed by atoms with Gasteiger partial charge in [-0.3, -0.25) is 19.8 Å². The third-order valence-electron chi connectivity index (χ3n) is 3.26. The highest BCUT2D eigenvalue weighted by Gasteiger charge is 2.30. The molecular formula is C14H26N4O3. The van der Waals surface area contributed by atoms with Gasteiger partial charge in [0.1, 0.15) is 0 Å². The highest BCUT2D eigenvalue weighted by atomic mass is 16.2. The van der Waals surface area contributed by atoms with Gasteiger partial charge >= 0.3 is 6.03 Å². The lowest BCUT2D eigenvalue weighted by Gasteiger charge is -2.37. The van der Waals surface area contributed by atoms with Crippen LogP contribution in [0.15, 0.2) is 0 Å². The van der Waals surface area contributed by atoms with Gasteiger partial charge in [0.25, 0.3) is 0 Å². The summed E-state index contributed by atoms with van der Waals surface area (Å²) in [5, 5.41) is 4.79. The molecule has 1 fully saturated rings. The summed E-state index contributed by atoms with van der Waals surface area (Å²) in [7, 11) is 0. The lowest BCUT2D eigenvalue weighted by molar-refractivity contribution is -0.141. The number of carbonyl (C=O) groups excluding carboxylic acids is 3. The summed E-state index contributed by atoms with van der Waals surface area (Å²) >= 11 is 0. The van der Waals surface area contributed by atoms with E-state index in [4.69, 9.17) is 0 Å². The number of piperazine rings is 1. The minimum Gasteiger partial charge on any atom is -0.340 e. The number of nitrogens with zero attached hydrogens (tertiary/aromatic N) is 2. The predicted octanol–water partition coefficient (Wildman–Crippen LogP) is 0.0224. The van der Waals surface area contributed by atoms with E-state index in [1.807, 2.05) is 30.6 Å². The molecule has 0 atom stereocenters. The third-order valence-corrected chi connectivity index (χ3v) is 3.26. The Morgan fingerprint density at radius 2 is 1.62 bits per heavy atom. The van der Waals surface area contributed by atoms with Crippen molar-refractivity contribution >= 4 is 17.8 Å². The lowest BCUT2D eigenvalue weighted by Crippen LogP contribution is -2.54. The molecule has 0 bridgehead atoms. The molecule has 0 spiro atoms. The van der Waals surface area contributed by atoms with Gasteiger partial charge in [0, 0.05) is 38.1 Å². The minimum absolute atomic E-state index is 0.133. The van der Waals surface area contributed by atoms with Gasteiger partial charge in [0.15, 0.2) is 0 Å². The lowest BCUT2D eigenvalue weighted by atomic mass is 9.94. The minimum atomic E-state index is -0.468. The molecule has 4 amide bonds. The van der Waals surface area contributed by atoms with Gasteiger partial charge in [-0.05, 0) is 6.92 Å². The molecule has 0 aromatic carbocycles. The highest BCUT2D eigenvalue weighted by molar-refractivity contribution is 5.95. The van der Waals surface area contributed by atoms with Gasteiger partial charge in [-0.2, -0.15) is 0 Å². The summed E-state index contributed by atoms with van der Waals surface area (Å²) in [5.74, 6) is -0.189. The fourth-order valence-electron chi connectivity index (χ4n) is 2.16. The fraction of sp³-hybridized carbons (Fsp3) is 0.786. The van der Waals surface area contributed by atoms with Crippen LogP contribution in [0, 0.1) is 5.41 Å². The molecule has 21 heavy (non-hydrogen) atoms. The number of hydrogen-bond donors (Lipinski definition) is 2. The maximum Gasteiger partial charge on any atom is 0.321 e. The molecule has 0 aromatic heterocycles. The van der Waals surface area contributed by atoms with Crippen LogP contribution in [0.25, 0.3) is 0 Å². The Morgan fingerprint density at radius 3 is 2.10 bits per heavy atom. The Labute approximate surface area is 126 Å². The van der Waals surface area contributed by atoms with Crippen molar-refractivity contribution in [1.29, 1.82) is 0 Å². The zero-order valence-electron chi connectivity index (χ0n) is 13.4. The van der Waals surface area contributed by atoms with Gasteiger partial charge < -0.3 is 10.2 Å². The van der Waals surface area contributed by atoms with Crippen molar-refractivity contribution in [3.63, 3.8) is 0 Å². The Hall–Kier alpha value is -1.63. The Balaban J connectivity index is 2.35. The van der Waals surface area contributed by atoms with Crippen LogP contribution in [0.1, 0.15) is 27.7 Å². The topological polar surface area (TPSA) is 81.8 Å². The van der Waals surface area contributed by atoms with Crippen LogP contribution in [0.4, 0.5) is 4.79 Å². The van der Waals surface area contributed by atoms with Crippen molar-refractivity contribution in [2.24, 2.45) is 5.41 Å². The molecule has 120 valence electrons. The first-order valence-corrected chi connectivity index (χ1v) is 7.33. The molecule has 7 heteroatoms. The first-order valence-electron chi connectivity index (χ1n) is 7.33. The molecule has 1 aliphatic heterocycles. The fourth-order valence-corrected chi connectivity index (χ4v) is 2.16. The Kier molecular flexibility index (Phi) is 6.14. The summed E-state index contributed by atoms with van der Waals surface area (Å²) in [6, 6.07) is -0.468. The number of imide groups is 1. The zero-order chi connectivity index (χ0) is 16.0. The maximum absolute atomic E-state index is 12.1. The number of hydrogen-bond acceptors (Lipinski definition) is 4. The first kappa shape index (κ1) is 17.4. The van der Waals surface area contributed by atoms with Crippen molar-refractivity contribution < 1.29 is 14.4 Å². The van der Waals surface area contributed by atoms with Gasteiger partial charge in [-0.15, -0.1) is 0 Å². The van der Waals surface area contributed by atoms with Crippen LogP contribution in [0.2, 0.25) is 0 Å². The Bertz CT molecular complexity index is 396. The van der Waals surface area contributed by atoms with Crippen molar-refractivity contribution in [3.8, 4) is 0 Å². The maximum atomic E-state index is 12.1. The van der Waals surface area contributed by atoms with Crippen LogP contribution in [0.3, 0.4) is 0 Å². The van der Waals surface area contributed by atoms with E-state index in [9.17, 15) is 14.4 Å². The van der Waals surface area contributed by atoms with E-state index in [0.29, 0.717) is 32.7 Å². The monoisotopic (exact) mass is 298 g/mol. The van der Waals surface area contributed by atoms with E-state index in [1.165, 1.54) is 0 Å². The summed E-state index contributed by atoms with van der Waals surface area (Å²) in [6.07, 6.45) is 0. The molecule has 0 saturated carbocycles. The van der Waals surface area contributed by atoms with E-state index in [0.717, 1.165) is 0 Å². The average molecular weight is 298 g/mol. The molecule has 1 heterocycles. The van der Waals surface area contributed by atoms with Crippen LogP contribution in [-0.2, 0) is 9.59 Å². The number of carbonyl (C=O) groups is 3. The van der Waals surface area contributed by atoms with Crippen molar-refractivity contribution in [2.75, 3.05) is 39.3 Å². The second-order valence-electron chi connectivity index (χ2n) is 6.23. The van der Waals surface area contributed by atoms with E-state index in [1.54, 1.807) is 6.92 Å². The van der Waals surface area contributed by atoms with Crippen LogP contribution >= 0.6 is 0 Å². The first-order chi connectivity index (χ1) is 9.74. The number of urea groups is 1. The molecular weight excluding hydrogens is 272 g/mol. The van der Waals surface area contributed by atoms with Gasteiger partial charge in [-0.25, -0.2) is 4.79 Å². The zero-order valence-corrected chi connectivity index (χ0v) is 13.4. The summed E-state index contributed by atoms with van der Waals surface area (Å²) in [4.78, 5) is 38.8. The van der Waals surface area contributed by atoms with Gasteiger partial charge in [0.05, 0.1) is 6.54 Å². The summed E-state index contributed by atoms with van der Waals surface area (Å²) in [6.45, 7) is 10.7. The van der Waals surface area contributed by atoms with Gasteiger partial charge in [-0.1, -0.05) is 20.8 Å². The highest BCUT2D eigenvalue weighted by Crippen LogP contribution is 2.18. The summed E-state index contributed by atoms with van der Waals surface area (Å²) < 4.78 is 0. The molecule has 0 unspecified atom stereocenters.